The topological polar surface area (TPSA) is 92.8 Å². The number of hydroxylamine groups is 1. The van der Waals surface area contributed by atoms with Gasteiger partial charge in [-0.1, -0.05) is 18.2 Å². The lowest BCUT2D eigenvalue weighted by atomic mass is 10.2. The lowest BCUT2D eigenvalue weighted by Gasteiger charge is -2.23. The summed E-state index contributed by atoms with van der Waals surface area (Å²) in [5.74, 6) is -0.202. The average molecular weight is 461 g/mol. The molecule has 0 unspecified atom stereocenters. The number of nitrogens with zero attached hydrogens (tertiary/aromatic N) is 2. The van der Waals surface area contributed by atoms with E-state index in [0.717, 1.165) is 27.5 Å². The van der Waals surface area contributed by atoms with Crippen molar-refractivity contribution in [2.45, 2.75) is 31.6 Å². The first-order valence-electron chi connectivity index (χ1n) is 9.44. The van der Waals surface area contributed by atoms with Gasteiger partial charge in [0.2, 0.25) is 5.91 Å². The SMILES string of the molecule is O=C(NC[C@@H]1C=C(Br)NO1)[C@@H]1CCCN1C(=O)OCc1cnc2ccccc2c1. The van der Waals surface area contributed by atoms with Crippen LogP contribution in [0.4, 0.5) is 4.79 Å². The summed E-state index contributed by atoms with van der Waals surface area (Å²) in [7, 11) is 0. The van der Waals surface area contributed by atoms with Gasteiger partial charge in [-0.05, 0) is 47.0 Å². The van der Waals surface area contributed by atoms with Crippen LogP contribution in [0.15, 0.2) is 47.2 Å². The highest BCUT2D eigenvalue weighted by molar-refractivity contribution is 9.11. The van der Waals surface area contributed by atoms with Crippen LogP contribution in [0.1, 0.15) is 18.4 Å². The van der Waals surface area contributed by atoms with Crippen LogP contribution in [0, 0.1) is 0 Å². The summed E-state index contributed by atoms with van der Waals surface area (Å²) in [6.45, 7) is 0.935. The molecule has 8 nitrogen and oxygen atoms in total. The molecule has 0 aliphatic carbocycles. The van der Waals surface area contributed by atoms with Crippen LogP contribution in [0.2, 0.25) is 0 Å². The molecule has 2 aliphatic heterocycles. The maximum absolute atomic E-state index is 12.6. The van der Waals surface area contributed by atoms with Crippen molar-refractivity contribution in [1.82, 2.24) is 20.7 Å². The molecule has 2 amide bonds. The second-order valence-electron chi connectivity index (χ2n) is 6.96. The van der Waals surface area contributed by atoms with Crippen molar-refractivity contribution < 1.29 is 19.2 Å². The summed E-state index contributed by atoms with van der Waals surface area (Å²) in [5, 5.41) is 3.83. The van der Waals surface area contributed by atoms with Crippen LogP contribution < -0.4 is 10.8 Å². The molecular formula is C20H21BrN4O4. The van der Waals surface area contributed by atoms with Crippen LogP contribution in [-0.4, -0.2) is 47.1 Å². The van der Waals surface area contributed by atoms with E-state index in [0.29, 0.717) is 19.5 Å². The van der Waals surface area contributed by atoms with E-state index in [1.807, 2.05) is 36.4 Å². The van der Waals surface area contributed by atoms with Crippen molar-refractivity contribution in [2.24, 2.45) is 0 Å². The van der Waals surface area contributed by atoms with E-state index in [-0.39, 0.29) is 18.6 Å². The molecule has 4 rings (SSSR count). The number of pyridine rings is 1. The molecular weight excluding hydrogens is 440 g/mol. The Hall–Kier alpha value is -2.65. The summed E-state index contributed by atoms with van der Waals surface area (Å²) < 4.78 is 6.18. The fourth-order valence-electron chi connectivity index (χ4n) is 3.46. The van der Waals surface area contributed by atoms with Gasteiger partial charge in [-0.3, -0.25) is 25.0 Å². The zero-order valence-corrected chi connectivity index (χ0v) is 17.2. The summed E-state index contributed by atoms with van der Waals surface area (Å²) in [6, 6.07) is 9.18. The Kier molecular flexibility index (Phi) is 5.96. The molecule has 2 N–H and O–H groups in total. The number of nitrogens with one attached hydrogen (secondary N) is 2. The molecule has 9 heteroatoms. The van der Waals surface area contributed by atoms with Gasteiger partial charge in [-0.25, -0.2) is 4.79 Å². The summed E-state index contributed by atoms with van der Waals surface area (Å²) in [5.41, 5.74) is 4.37. The summed E-state index contributed by atoms with van der Waals surface area (Å²) in [4.78, 5) is 36.2. The first-order chi connectivity index (χ1) is 14.1. The Balaban J connectivity index is 1.31. The Morgan fingerprint density at radius 2 is 2.24 bits per heavy atom. The molecule has 2 aliphatic rings. The maximum Gasteiger partial charge on any atom is 0.410 e. The quantitative estimate of drug-likeness (QED) is 0.666. The molecule has 0 saturated carbocycles. The fourth-order valence-corrected chi connectivity index (χ4v) is 3.85. The van der Waals surface area contributed by atoms with Gasteiger partial charge in [-0.2, -0.15) is 0 Å². The van der Waals surface area contributed by atoms with Crippen LogP contribution in [0.3, 0.4) is 0 Å². The second-order valence-corrected chi connectivity index (χ2v) is 7.81. The van der Waals surface area contributed by atoms with Gasteiger partial charge in [0.05, 0.1) is 12.1 Å². The molecule has 0 bridgehead atoms. The van der Waals surface area contributed by atoms with E-state index in [1.54, 1.807) is 6.20 Å². The number of rotatable bonds is 5. The van der Waals surface area contributed by atoms with Gasteiger partial charge in [0.25, 0.3) is 0 Å². The molecule has 0 spiro atoms. The number of benzene rings is 1. The van der Waals surface area contributed by atoms with E-state index in [9.17, 15) is 9.59 Å². The highest BCUT2D eigenvalue weighted by Gasteiger charge is 2.35. The third-order valence-electron chi connectivity index (χ3n) is 4.92. The number of para-hydroxylation sites is 1. The molecule has 152 valence electrons. The van der Waals surface area contributed by atoms with E-state index in [4.69, 9.17) is 9.57 Å². The van der Waals surface area contributed by atoms with Gasteiger partial charge in [0.15, 0.2) is 0 Å². The molecule has 1 aromatic heterocycles. The summed E-state index contributed by atoms with van der Waals surface area (Å²) in [6.07, 6.45) is 4.15. The normalized spacial score (nSPS) is 21.0. The van der Waals surface area contributed by atoms with Gasteiger partial charge in [0, 0.05) is 23.7 Å². The minimum atomic E-state index is -0.529. The van der Waals surface area contributed by atoms with E-state index >= 15 is 0 Å². The molecule has 1 aromatic carbocycles. The van der Waals surface area contributed by atoms with Crippen molar-refractivity contribution >= 4 is 38.8 Å². The van der Waals surface area contributed by atoms with Crippen molar-refractivity contribution in [3.63, 3.8) is 0 Å². The number of likely N-dealkylation sites (tertiary alicyclic amines) is 1. The fraction of sp³-hybridized carbons (Fsp3) is 0.350. The van der Waals surface area contributed by atoms with Crippen LogP contribution in [0.5, 0.6) is 0 Å². The molecule has 2 atom stereocenters. The number of hydrogen-bond donors (Lipinski definition) is 2. The minimum Gasteiger partial charge on any atom is -0.444 e. The Morgan fingerprint density at radius 3 is 3.07 bits per heavy atom. The van der Waals surface area contributed by atoms with E-state index in [1.165, 1.54) is 4.90 Å². The maximum atomic E-state index is 12.6. The van der Waals surface area contributed by atoms with E-state index in [2.05, 4.69) is 31.7 Å². The Labute approximate surface area is 176 Å². The lowest BCUT2D eigenvalue weighted by molar-refractivity contribution is -0.125. The van der Waals surface area contributed by atoms with Gasteiger partial charge >= 0.3 is 6.09 Å². The van der Waals surface area contributed by atoms with Gasteiger partial charge in [-0.15, -0.1) is 0 Å². The molecule has 2 aromatic rings. The van der Waals surface area contributed by atoms with Gasteiger partial charge in [0.1, 0.15) is 23.4 Å². The van der Waals surface area contributed by atoms with E-state index < -0.39 is 12.1 Å². The number of aromatic nitrogens is 1. The van der Waals surface area contributed by atoms with Crippen molar-refractivity contribution in [1.29, 1.82) is 0 Å². The monoisotopic (exact) mass is 460 g/mol. The van der Waals surface area contributed by atoms with Crippen LogP contribution in [0.25, 0.3) is 10.9 Å². The zero-order valence-electron chi connectivity index (χ0n) is 15.6. The van der Waals surface area contributed by atoms with Crippen LogP contribution in [-0.2, 0) is 21.0 Å². The number of carbonyl (C=O) groups is 2. The standard InChI is InChI=1S/C20H21BrN4O4/c21-18-9-15(29-24-18)11-23-19(26)17-6-3-7-25(17)20(27)28-12-13-8-14-4-1-2-5-16(14)22-10-13/h1-2,4-5,8-10,15,17,24H,3,6-7,11-12H2,(H,23,26)/t15-,17-/m0/s1. The number of amides is 2. The molecule has 1 saturated heterocycles. The first-order valence-corrected chi connectivity index (χ1v) is 10.2. The predicted molar refractivity (Wildman–Crippen MR) is 110 cm³/mol. The highest BCUT2D eigenvalue weighted by Crippen LogP contribution is 2.20. The first kappa shape index (κ1) is 19.7. The van der Waals surface area contributed by atoms with Crippen molar-refractivity contribution in [2.75, 3.05) is 13.1 Å². The third-order valence-corrected chi connectivity index (χ3v) is 5.34. The van der Waals surface area contributed by atoms with Gasteiger partial charge < -0.3 is 10.1 Å². The zero-order chi connectivity index (χ0) is 20.2. The average Bonchev–Trinajstić information content (AvgIpc) is 3.39. The second kappa shape index (κ2) is 8.79. The van der Waals surface area contributed by atoms with Crippen molar-refractivity contribution in [3.05, 3.63) is 52.8 Å². The Morgan fingerprint density at radius 1 is 1.38 bits per heavy atom. The summed E-state index contributed by atoms with van der Waals surface area (Å²) >= 11 is 3.27. The number of halogens is 1. The number of ether oxygens (including phenoxy) is 1. The lowest BCUT2D eigenvalue weighted by Crippen LogP contribution is -2.47. The molecule has 0 radical (unpaired) electrons. The number of fused-ring (bicyclic) bond motifs is 1. The number of hydrogen-bond acceptors (Lipinski definition) is 6. The largest absolute Gasteiger partial charge is 0.444 e. The third kappa shape index (κ3) is 4.68. The molecule has 29 heavy (non-hydrogen) atoms. The molecule has 1 fully saturated rings. The number of carbonyl (C=O) groups excluding carboxylic acids is 2. The smallest absolute Gasteiger partial charge is 0.410 e. The molecule has 3 heterocycles. The van der Waals surface area contributed by atoms with Crippen molar-refractivity contribution in [3.8, 4) is 0 Å². The predicted octanol–water partition coefficient (Wildman–Crippen LogP) is 2.59. The highest BCUT2D eigenvalue weighted by atomic mass is 79.9. The Bertz CT molecular complexity index is 951. The van der Waals surface area contributed by atoms with Crippen LogP contribution >= 0.6 is 15.9 Å². The minimum absolute atomic E-state index is 0.113.